The van der Waals surface area contributed by atoms with Crippen LogP contribution in [0, 0.1) is 0 Å². The number of rotatable bonds is 22. The minimum absolute atomic E-state index is 0. The maximum Gasteiger partial charge on any atom is 0 e. The van der Waals surface area contributed by atoms with E-state index in [0.717, 1.165) is 76.8 Å². The molecule has 0 N–H and O–H groups in total. The van der Waals surface area contributed by atoms with Gasteiger partial charge in [0.25, 0.3) is 0 Å². The summed E-state index contributed by atoms with van der Waals surface area (Å²) in [6, 6.07) is 1.29. The van der Waals surface area contributed by atoms with E-state index in [1.54, 1.807) is 0 Å². The third-order valence-corrected chi connectivity index (χ3v) is 6.86. The van der Waals surface area contributed by atoms with Gasteiger partial charge in [-0.05, 0) is 52.4 Å². The molecule has 0 rings (SSSR count). The Bertz CT molecular complexity index is 541. The van der Waals surface area contributed by atoms with Crippen LogP contribution >= 0.6 is 0 Å². The second kappa shape index (κ2) is 26.1. The minimum atomic E-state index is 0. The molecule has 9 heteroatoms. The summed E-state index contributed by atoms with van der Waals surface area (Å²) >= 11 is 0. The Hall–Kier alpha value is -0.857. The predicted octanol–water partition coefficient (Wildman–Crippen LogP) is 6.55. The molecule has 0 saturated carbocycles. The van der Waals surface area contributed by atoms with Crippen molar-refractivity contribution in [1.82, 2.24) is 19.6 Å². The van der Waals surface area contributed by atoms with Crippen LogP contribution in [0.3, 0.4) is 0 Å². The molecule has 0 fully saturated rings. The zero-order valence-corrected chi connectivity index (χ0v) is 31.0. The van der Waals surface area contributed by atoms with Gasteiger partial charge in [-0.1, -0.05) is 107 Å². The fraction of sp³-hybridized carbons (Fsp3) is 0.867. The fourth-order valence-electron chi connectivity index (χ4n) is 3.53. The number of hydrogen-bond donors (Lipinski definition) is 0. The molecule has 8 nitrogen and oxygen atoms in total. The summed E-state index contributed by atoms with van der Waals surface area (Å²) in [5, 5.41) is 18.6. The van der Waals surface area contributed by atoms with Gasteiger partial charge in [-0.2, -0.15) is 0 Å². The molecule has 0 aromatic carbocycles. The monoisotopic (exact) mass is 600 g/mol. The van der Waals surface area contributed by atoms with Crippen LogP contribution in [0.15, 0.2) is 24.8 Å². The smallest absolute Gasteiger partial charge is 0 e. The van der Waals surface area contributed by atoms with E-state index in [9.17, 15) is 0 Å². The average Bonchev–Trinajstić information content (AvgIpc) is 2.87. The van der Waals surface area contributed by atoms with Crippen molar-refractivity contribution in [3.05, 3.63) is 46.1 Å². The van der Waals surface area contributed by atoms with Gasteiger partial charge in [-0.3, -0.25) is 0 Å². The molecule has 0 amide bonds. The Labute approximate surface area is 257 Å². The van der Waals surface area contributed by atoms with E-state index >= 15 is 0 Å². The second-order valence-corrected chi connectivity index (χ2v) is 10.6. The maximum absolute atomic E-state index is 4.68. The zero-order chi connectivity index (χ0) is 29.7. The van der Waals surface area contributed by atoms with Crippen molar-refractivity contribution in [3.8, 4) is 0 Å². The molecule has 0 spiro atoms. The van der Waals surface area contributed by atoms with E-state index in [4.69, 9.17) is 0 Å². The van der Waals surface area contributed by atoms with Crippen LogP contribution < -0.4 is 0 Å². The summed E-state index contributed by atoms with van der Waals surface area (Å²) in [5.41, 5.74) is 0. The van der Waals surface area contributed by atoms with E-state index < -0.39 is 0 Å². The van der Waals surface area contributed by atoms with Gasteiger partial charge < -0.3 is 40.9 Å². The zero-order valence-electron chi connectivity index (χ0n) is 28.1. The molecule has 0 radical (unpaired) electrons. The van der Waals surface area contributed by atoms with Crippen molar-refractivity contribution in [2.75, 3.05) is 80.5 Å². The Balaban J connectivity index is -0.000000648. The molecule has 0 aromatic rings. The standard InChI is InChI=1S/2C15H32N4.Zn/c2*1-8-18(6)11-10-16-13(3)12-14(4)17-15(5)19(7)9-2;/h2*13-14H,5,8-12H2,1-4,6-7H3;/q2*-2;. The van der Waals surface area contributed by atoms with Crippen LogP contribution in [-0.2, 0) is 19.5 Å². The molecule has 4 unspecified atom stereocenters. The summed E-state index contributed by atoms with van der Waals surface area (Å²) in [5.74, 6) is 1.74. The van der Waals surface area contributed by atoms with Crippen molar-refractivity contribution in [3.63, 3.8) is 0 Å². The third-order valence-electron chi connectivity index (χ3n) is 6.86. The van der Waals surface area contributed by atoms with Crippen molar-refractivity contribution in [1.29, 1.82) is 0 Å². The molecule has 0 aliphatic rings. The maximum atomic E-state index is 4.68. The average molecular weight is 602 g/mol. The van der Waals surface area contributed by atoms with E-state index in [1.165, 1.54) is 0 Å². The number of likely N-dealkylation sites (N-methyl/N-ethyl adjacent to an activating group) is 2. The predicted molar refractivity (Wildman–Crippen MR) is 171 cm³/mol. The van der Waals surface area contributed by atoms with Crippen molar-refractivity contribution in [2.45, 2.75) is 92.4 Å². The molecule has 0 saturated heterocycles. The molecule has 0 aliphatic carbocycles. The van der Waals surface area contributed by atoms with E-state index in [-0.39, 0.29) is 31.6 Å². The molecule has 39 heavy (non-hydrogen) atoms. The topological polar surface area (TPSA) is 69.4 Å². The SMILES string of the molecule is C=C([N-]C(C)CC(C)[N-]CCN(C)CC)N(C)CC.C=C([N-]C(C)CC(C)[N-]CCN(C)CC)N(C)CC.[Zn]. The Kier molecular flexibility index (Phi) is 28.5. The van der Waals surface area contributed by atoms with Crippen molar-refractivity contribution < 1.29 is 19.5 Å². The number of nitrogens with zero attached hydrogens (tertiary/aromatic N) is 8. The summed E-state index contributed by atoms with van der Waals surface area (Å²) in [7, 11) is 8.30. The van der Waals surface area contributed by atoms with Crippen LogP contribution in [-0.4, -0.2) is 124 Å². The van der Waals surface area contributed by atoms with Gasteiger partial charge >= 0.3 is 0 Å². The molecule has 4 atom stereocenters. The first kappa shape index (κ1) is 42.6. The van der Waals surface area contributed by atoms with Crippen molar-refractivity contribution >= 4 is 0 Å². The van der Waals surface area contributed by atoms with Crippen molar-refractivity contribution in [2.24, 2.45) is 0 Å². The molecular weight excluding hydrogens is 538 g/mol. The van der Waals surface area contributed by atoms with Gasteiger partial charge in [-0.25, -0.2) is 0 Å². The Morgan fingerprint density at radius 3 is 1.13 bits per heavy atom. The van der Waals surface area contributed by atoms with Gasteiger partial charge in [0, 0.05) is 19.5 Å². The molecule has 0 heterocycles. The Morgan fingerprint density at radius 1 is 0.564 bits per heavy atom. The largest absolute Gasteiger partial charge is 0.659 e. The van der Waals surface area contributed by atoms with Gasteiger partial charge in [-0.15, -0.1) is 38.3 Å². The molecule has 230 valence electrons. The van der Waals surface area contributed by atoms with E-state index in [0.29, 0.717) is 12.1 Å². The summed E-state index contributed by atoms with van der Waals surface area (Å²) in [6.07, 6.45) is 1.98. The fourth-order valence-corrected chi connectivity index (χ4v) is 3.53. The molecule has 0 aromatic heterocycles. The number of hydrogen-bond acceptors (Lipinski definition) is 4. The minimum Gasteiger partial charge on any atom is -0.659 e. The first-order valence-corrected chi connectivity index (χ1v) is 14.7. The first-order valence-electron chi connectivity index (χ1n) is 14.7. The first-order chi connectivity index (χ1) is 17.8. The molecule has 0 bridgehead atoms. The van der Waals surface area contributed by atoms with Crippen LogP contribution in [0.1, 0.15) is 68.2 Å². The van der Waals surface area contributed by atoms with Crippen LogP contribution in [0.25, 0.3) is 21.3 Å². The summed E-state index contributed by atoms with van der Waals surface area (Å²) in [6.45, 7) is 33.1. The van der Waals surface area contributed by atoms with Crippen LogP contribution in [0.2, 0.25) is 0 Å². The van der Waals surface area contributed by atoms with Gasteiger partial charge in [0.15, 0.2) is 0 Å². The third kappa shape index (κ3) is 24.6. The second-order valence-electron chi connectivity index (χ2n) is 10.6. The summed E-state index contributed by atoms with van der Waals surface area (Å²) < 4.78 is 0. The van der Waals surface area contributed by atoms with Crippen LogP contribution in [0.4, 0.5) is 0 Å². The van der Waals surface area contributed by atoms with Crippen LogP contribution in [0.5, 0.6) is 0 Å². The van der Waals surface area contributed by atoms with Gasteiger partial charge in [0.05, 0.1) is 0 Å². The van der Waals surface area contributed by atoms with Gasteiger partial charge in [0.1, 0.15) is 0 Å². The van der Waals surface area contributed by atoms with E-state index in [2.05, 4.69) is 124 Å². The normalized spacial score (nSPS) is 13.9. The quantitative estimate of drug-likeness (QED) is 0.132. The molecular formula is C30H64N8Zn-4. The molecule has 0 aliphatic heterocycles. The summed E-state index contributed by atoms with van der Waals surface area (Å²) in [4.78, 5) is 8.69. The van der Waals surface area contributed by atoms with E-state index in [1.807, 2.05) is 14.1 Å². The van der Waals surface area contributed by atoms with Gasteiger partial charge in [0.2, 0.25) is 0 Å². The Morgan fingerprint density at radius 2 is 0.872 bits per heavy atom.